The van der Waals surface area contributed by atoms with Gasteiger partial charge < -0.3 is 4.74 Å². The van der Waals surface area contributed by atoms with Gasteiger partial charge in [0, 0.05) is 0 Å². The molecule has 0 spiro atoms. The minimum atomic E-state index is -3.98. The van der Waals surface area contributed by atoms with Crippen LogP contribution in [-0.2, 0) is 10.0 Å². The minimum Gasteiger partial charge on any atom is -0.497 e. The first-order chi connectivity index (χ1) is 15.9. The molecule has 0 bridgehead atoms. The lowest BCUT2D eigenvalue weighted by molar-refractivity contribution is 0.415. The highest BCUT2D eigenvalue weighted by atomic mass is 32.2. The zero-order valence-corrected chi connectivity index (χ0v) is 18.7. The van der Waals surface area contributed by atoms with Gasteiger partial charge in [0.15, 0.2) is 11.5 Å². The number of azo groups is 1. The average molecular weight is 464 g/mol. The molecule has 0 saturated heterocycles. The molecule has 33 heavy (non-hydrogen) atoms. The van der Waals surface area contributed by atoms with Crippen molar-refractivity contribution < 1.29 is 13.2 Å². The number of aromatic nitrogens is 2. The average Bonchev–Trinajstić information content (AvgIpc) is 3.13. The van der Waals surface area contributed by atoms with Gasteiger partial charge in [0.25, 0.3) is 10.0 Å². The lowest BCUT2D eigenvalue weighted by Gasteiger charge is -2.07. The van der Waals surface area contributed by atoms with Crippen molar-refractivity contribution in [1.82, 2.24) is 9.78 Å². The topological polar surface area (TPSA) is 118 Å². The third-order valence-electron chi connectivity index (χ3n) is 4.79. The number of aryl methyl sites for hydroxylation is 1. The van der Waals surface area contributed by atoms with E-state index >= 15 is 0 Å². The lowest BCUT2D eigenvalue weighted by atomic mass is 10.2. The van der Waals surface area contributed by atoms with Crippen molar-refractivity contribution in [3.63, 3.8) is 0 Å². The van der Waals surface area contributed by atoms with Crippen LogP contribution in [0.1, 0.15) is 5.56 Å². The highest BCUT2D eigenvalue weighted by Crippen LogP contribution is 2.26. The number of hydrogen-bond donors (Lipinski definition) is 2. The highest BCUT2D eigenvalue weighted by Gasteiger charge is 2.22. The number of aromatic amines is 1. The maximum absolute atomic E-state index is 13.1. The van der Waals surface area contributed by atoms with Gasteiger partial charge in [-0.05, 0) is 55.5 Å². The number of sulfonamides is 1. The Balaban J connectivity index is 1.76. The van der Waals surface area contributed by atoms with Crippen LogP contribution in [0.2, 0.25) is 0 Å². The Bertz CT molecular complexity index is 1440. The van der Waals surface area contributed by atoms with E-state index in [0.29, 0.717) is 17.1 Å². The molecule has 0 atom stereocenters. The molecule has 1 aromatic heterocycles. The van der Waals surface area contributed by atoms with E-state index in [1.807, 2.05) is 13.0 Å². The number of nitrogens with zero attached hydrogens (tertiary/aromatic N) is 3. The van der Waals surface area contributed by atoms with E-state index in [-0.39, 0.29) is 16.4 Å². The van der Waals surface area contributed by atoms with Crippen molar-refractivity contribution in [1.29, 1.82) is 0 Å². The zero-order valence-electron chi connectivity index (χ0n) is 17.9. The van der Waals surface area contributed by atoms with Crippen molar-refractivity contribution in [2.45, 2.75) is 11.8 Å². The van der Waals surface area contributed by atoms with Gasteiger partial charge in [0.1, 0.15) is 5.75 Å². The Kier molecular flexibility index (Phi) is 6.09. The van der Waals surface area contributed by atoms with E-state index in [0.717, 1.165) is 5.56 Å². The van der Waals surface area contributed by atoms with Gasteiger partial charge in [-0.25, -0.2) is 13.1 Å². The van der Waals surface area contributed by atoms with E-state index in [4.69, 9.17) is 4.74 Å². The molecule has 0 fully saturated rings. The van der Waals surface area contributed by atoms with Crippen molar-refractivity contribution >= 4 is 27.2 Å². The standard InChI is InChI=1S/C23H21N5O4S/c1-16-8-14-20(15-9-16)33(30,31)27-22-21(25-24-17-10-12-19(32-2)13-11-17)23(29)28(26-22)18-6-4-3-5-7-18/h3-15,26-27H,1-2H3. The third kappa shape index (κ3) is 4.85. The molecule has 3 aromatic carbocycles. The van der Waals surface area contributed by atoms with Crippen LogP contribution in [0.15, 0.2) is 98.8 Å². The molecule has 0 aliphatic carbocycles. The van der Waals surface area contributed by atoms with Crippen LogP contribution in [0, 0.1) is 6.92 Å². The monoisotopic (exact) mass is 463 g/mol. The number of rotatable bonds is 7. The summed E-state index contributed by atoms with van der Waals surface area (Å²) in [6.45, 7) is 1.86. The first kappa shape index (κ1) is 22.0. The van der Waals surface area contributed by atoms with E-state index < -0.39 is 15.6 Å². The fourth-order valence-corrected chi connectivity index (χ4v) is 4.04. The number of H-pyrrole nitrogens is 1. The number of para-hydroxylation sites is 1. The van der Waals surface area contributed by atoms with Gasteiger partial charge >= 0.3 is 5.56 Å². The Morgan fingerprint density at radius 1 is 0.909 bits per heavy atom. The molecule has 0 aliphatic heterocycles. The first-order valence-electron chi connectivity index (χ1n) is 9.93. The fraction of sp³-hybridized carbons (Fsp3) is 0.0870. The molecule has 10 heteroatoms. The Morgan fingerprint density at radius 3 is 2.21 bits per heavy atom. The molecule has 168 valence electrons. The van der Waals surface area contributed by atoms with Gasteiger partial charge in [-0.1, -0.05) is 35.9 Å². The number of anilines is 1. The number of hydrogen-bond acceptors (Lipinski definition) is 6. The molecule has 2 N–H and O–H groups in total. The van der Waals surface area contributed by atoms with Gasteiger partial charge in [-0.15, -0.1) is 5.11 Å². The number of ether oxygens (including phenoxy) is 1. The molecule has 0 radical (unpaired) electrons. The quantitative estimate of drug-likeness (QED) is 0.386. The number of methoxy groups -OCH3 is 1. The molecule has 0 saturated carbocycles. The summed E-state index contributed by atoms with van der Waals surface area (Å²) in [4.78, 5) is 13.2. The van der Waals surface area contributed by atoms with Crippen molar-refractivity contribution in [2.24, 2.45) is 10.2 Å². The highest BCUT2D eigenvalue weighted by molar-refractivity contribution is 7.92. The number of benzene rings is 3. The molecule has 0 unspecified atom stereocenters. The molecule has 0 aliphatic rings. The SMILES string of the molecule is COc1ccc(N=Nc2c(NS(=O)(=O)c3ccc(C)cc3)[nH]n(-c3ccccc3)c2=O)cc1. The Hall–Kier alpha value is -4.18. The maximum atomic E-state index is 13.1. The van der Waals surface area contributed by atoms with E-state index in [1.165, 1.54) is 16.8 Å². The third-order valence-corrected chi connectivity index (χ3v) is 6.15. The smallest absolute Gasteiger partial charge is 0.301 e. The second kappa shape index (κ2) is 9.13. The lowest BCUT2D eigenvalue weighted by Crippen LogP contribution is -2.14. The summed E-state index contributed by atoms with van der Waals surface area (Å²) in [6.07, 6.45) is 0. The number of nitrogens with one attached hydrogen (secondary N) is 2. The summed E-state index contributed by atoms with van der Waals surface area (Å²) in [5.41, 5.74) is 1.18. The fourth-order valence-electron chi connectivity index (χ4n) is 3.02. The predicted molar refractivity (Wildman–Crippen MR) is 126 cm³/mol. The maximum Gasteiger partial charge on any atom is 0.301 e. The summed E-state index contributed by atoms with van der Waals surface area (Å²) in [6, 6.07) is 21.8. The van der Waals surface area contributed by atoms with Crippen LogP contribution in [0.4, 0.5) is 17.2 Å². The van der Waals surface area contributed by atoms with Gasteiger partial charge in [0.2, 0.25) is 0 Å². The summed E-state index contributed by atoms with van der Waals surface area (Å²) in [5, 5.41) is 11.0. The van der Waals surface area contributed by atoms with E-state index in [9.17, 15) is 13.2 Å². The van der Waals surface area contributed by atoms with Crippen LogP contribution in [0.25, 0.3) is 5.69 Å². The van der Waals surface area contributed by atoms with Crippen LogP contribution in [0.5, 0.6) is 5.75 Å². The predicted octanol–water partition coefficient (Wildman–Crippen LogP) is 4.70. The second-order valence-corrected chi connectivity index (χ2v) is 8.81. The molecule has 4 aromatic rings. The summed E-state index contributed by atoms with van der Waals surface area (Å²) in [5.74, 6) is 0.551. The molecule has 1 heterocycles. The van der Waals surface area contributed by atoms with Crippen LogP contribution in [0.3, 0.4) is 0 Å². The summed E-state index contributed by atoms with van der Waals surface area (Å²) < 4.78 is 34.6. The zero-order chi connectivity index (χ0) is 23.4. The molecule has 0 amide bonds. The van der Waals surface area contributed by atoms with Crippen LogP contribution < -0.4 is 15.0 Å². The second-order valence-electron chi connectivity index (χ2n) is 7.13. The van der Waals surface area contributed by atoms with Crippen molar-refractivity contribution in [2.75, 3.05) is 11.8 Å². The first-order valence-corrected chi connectivity index (χ1v) is 11.4. The van der Waals surface area contributed by atoms with Crippen molar-refractivity contribution in [3.8, 4) is 11.4 Å². The van der Waals surface area contributed by atoms with Crippen LogP contribution >= 0.6 is 0 Å². The van der Waals surface area contributed by atoms with Gasteiger partial charge in [0.05, 0.1) is 23.4 Å². The Labute approximate surface area is 190 Å². The summed E-state index contributed by atoms with van der Waals surface area (Å²) in [7, 11) is -2.43. The van der Waals surface area contributed by atoms with Crippen molar-refractivity contribution in [3.05, 3.63) is 94.8 Å². The van der Waals surface area contributed by atoms with Gasteiger partial charge in [-0.3, -0.25) is 14.6 Å². The normalized spacial score (nSPS) is 11.6. The summed E-state index contributed by atoms with van der Waals surface area (Å²) >= 11 is 0. The Morgan fingerprint density at radius 2 is 1.58 bits per heavy atom. The van der Waals surface area contributed by atoms with E-state index in [2.05, 4.69) is 20.0 Å². The molecule has 9 nitrogen and oxygen atoms in total. The van der Waals surface area contributed by atoms with Gasteiger partial charge in [-0.2, -0.15) is 5.11 Å². The largest absolute Gasteiger partial charge is 0.497 e. The molecule has 4 rings (SSSR count). The van der Waals surface area contributed by atoms with Crippen LogP contribution in [-0.4, -0.2) is 25.3 Å². The van der Waals surface area contributed by atoms with E-state index in [1.54, 1.807) is 67.8 Å². The minimum absolute atomic E-state index is 0.0550. The molecular weight excluding hydrogens is 442 g/mol. The molecular formula is C23H21N5O4S.